The second-order valence-electron chi connectivity index (χ2n) is 9.16. The van der Waals surface area contributed by atoms with Crippen LogP contribution in [0.3, 0.4) is 0 Å². The van der Waals surface area contributed by atoms with Crippen LogP contribution in [0.1, 0.15) is 68.2 Å². The smallest absolute Gasteiger partial charge is 0.340 e. The fraction of sp³-hybridized carbons (Fsp3) is 1.00. The van der Waals surface area contributed by atoms with Crippen molar-refractivity contribution in [3.05, 3.63) is 0 Å². The van der Waals surface area contributed by atoms with Gasteiger partial charge in [0.2, 0.25) is 0 Å². The molecule has 166 valence electrons. The standard InChI is InChI=1S/C12H28O2Si.C9H22O2Si/c1-11(2)7-9-15(13-5,14-6)10-8-12(3)4;1-8(2)7-12(10-5,11-6)9(3)4/h11-12H,7-10H2,1-6H3;8-9H,7H2,1-6H3. The van der Waals surface area contributed by atoms with Crippen LogP contribution < -0.4 is 0 Å². The van der Waals surface area contributed by atoms with Crippen LogP contribution in [0.5, 0.6) is 0 Å². The Labute approximate surface area is 173 Å². The van der Waals surface area contributed by atoms with E-state index in [4.69, 9.17) is 17.7 Å². The molecule has 0 atom stereocenters. The van der Waals surface area contributed by atoms with E-state index in [0.717, 1.165) is 30.0 Å². The van der Waals surface area contributed by atoms with E-state index in [-0.39, 0.29) is 0 Å². The summed E-state index contributed by atoms with van der Waals surface area (Å²) in [7, 11) is 3.43. The molecule has 0 aromatic heterocycles. The van der Waals surface area contributed by atoms with Gasteiger partial charge in [0.25, 0.3) is 0 Å². The Morgan fingerprint density at radius 2 is 0.926 bits per heavy atom. The molecule has 0 aromatic carbocycles. The highest BCUT2D eigenvalue weighted by atomic mass is 28.4. The number of rotatable bonds is 13. The maximum Gasteiger partial charge on any atom is 0.340 e. The first-order valence-electron chi connectivity index (χ1n) is 10.6. The van der Waals surface area contributed by atoms with Crippen LogP contribution in [-0.4, -0.2) is 45.6 Å². The molecule has 0 unspecified atom stereocenters. The van der Waals surface area contributed by atoms with Crippen molar-refractivity contribution >= 4 is 17.1 Å². The average molecular weight is 423 g/mol. The van der Waals surface area contributed by atoms with Crippen molar-refractivity contribution in [3.63, 3.8) is 0 Å². The zero-order chi connectivity index (χ0) is 21.7. The maximum absolute atomic E-state index is 5.70. The molecule has 0 aliphatic carbocycles. The molecule has 0 amide bonds. The molecule has 0 aromatic rings. The molecule has 0 aliphatic rings. The summed E-state index contributed by atoms with van der Waals surface area (Å²) < 4.78 is 22.6. The summed E-state index contributed by atoms with van der Waals surface area (Å²) in [6.45, 7) is 17.8. The molecule has 0 heterocycles. The van der Waals surface area contributed by atoms with Gasteiger partial charge in [0.1, 0.15) is 0 Å². The van der Waals surface area contributed by atoms with Crippen molar-refractivity contribution in [1.82, 2.24) is 0 Å². The van der Waals surface area contributed by atoms with E-state index < -0.39 is 17.1 Å². The van der Waals surface area contributed by atoms with Crippen molar-refractivity contribution in [2.75, 3.05) is 28.4 Å². The second kappa shape index (κ2) is 15.2. The lowest BCUT2D eigenvalue weighted by Gasteiger charge is -2.32. The van der Waals surface area contributed by atoms with Gasteiger partial charge < -0.3 is 17.7 Å². The molecule has 0 fully saturated rings. The van der Waals surface area contributed by atoms with Gasteiger partial charge in [0.05, 0.1) is 0 Å². The minimum Gasteiger partial charge on any atom is -0.398 e. The molecule has 0 bridgehead atoms. The molecule has 0 saturated carbocycles. The summed E-state index contributed by atoms with van der Waals surface area (Å²) in [5.41, 5.74) is 0.523. The second-order valence-corrected chi connectivity index (χ2v) is 16.8. The molecule has 4 nitrogen and oxygen atoms in total. The number of hydrogen-bond donors (Lipinski definition) is 0. The quantitative estimate of drug-likeness (QED) is 0.313. The van der Waals surface area contributed by atoms with Gasteiger partial charge in [0.15, 0.2) is 0 Å². The lowest BCUT2D eigenvalue weighted by Crippen LogP contribution is -2.44. The van der Waals surface area contributed by atoms with Crippen molar-refractivity contribution in [3.8, 4) is 0 Å². The van der Waals surface area contributed by atoms with Gasteiger partial charge in [-0.1, -0.05) is 55.4 Å². The maximum atomic E-state index is 5.70. The van der Waals surface area contributed by atoms with E-state index in [2.05, 4.69) is 55.4 Å². The van der Waals surface area contributed by atoms with Crippen molar-refractivity contribution in [2.45, 2.75) is 91.9 Å². The lowest BCUT2D eigenvalue weighted by atomic mass is 10.2. The Kier molecular flexibility index (Phi) is 16.5. The molecule has 0 saturated heterocycles. The van der Waals surface area contributed by atoms with Crippen molar-refractivity contribution < 1.29 is 17.7 Å². The van der Waals surface area contributed by atoms with E-state index in [1.54, 1.807) is 14.2 Å². The molecule has 6 heteroatoms. The topological polar surface area (TPSA) is 36.9 Å². The third-order valence-corrected chi connectivity index (χ3v) is 13.3. The predicted octanol–water partition coefficient (Wildman–Crippen LogP) is 6.60. The monoisotopic (exact) mass is 422 g/mol. The summed E-state index contributed by atoms with van der Waals surface area (Å²) in [4.78, 5) is 0. The van der Waals surface area contributed by atoms with Crippen LogP contribution in [0.4, 0.5) is 0 Å². The van der Waals surface area contributed by atoms with E-state index in [1.807, 2.05) is 14.2 Å². The molecule has 0 radical (unpaired) electrons. The third-order valence-electron chi connectivity index (χ3n) is 5.21. The normalized spacial score (nSPS) is 12.9. The Morgan fingerprint density at radius 3 is 1.07 bits per heavy atom. The molecule has 27 heavy (non-hydrogen) atoms. The molecular formula is C21H50O4Si2. The minimum absolute atomic E-state index is 0.523. The van der Waals surface area contributed by atoms with Crippen LogP contribution in [0.15, 0.2) is 0 Å². The van der Waals surface area contributed by atoms with Gasteiger partial charge in [-0.3, -0.25) is 0 Å². The third kappa shape index (κ3) is 12.4. The highest BCUT2D eigenvalue weighted by Crippen LogP contribution is 2.29. The fourth-order valence-electron chi connectivity index (χ4n) is 3.16. The molecule has 0 rings (SSSR count). The van der Waals surface area contributed by atoms with Gasteiger partial charge >= 0.3 is 17.1 Å². The minimum atomic E-state index is -1.88. The summed E-state index contributed by atoms with van der Waals surface area (Å²) in [6, 6.07) is 3.34. The Hall–Kier alpha value is 0.274. The number of hydrogen-bond acceptors (Lipinski definition) is 4. The van der Waals surface area contributed by atoms with Gasteiger partial charge in [0, 0.05) is 28.4 Å². The summed E-state index contributed by atoms with van der Waals surface area (Å²) in [6.07, 6.45) is 2.43. The first kappa shape index (κ1) is 29.5. The van der Waals surface area contributed by atoms with Crippen molar-refractivity contribution in [2.24, 2.45) is 17.8 Å². The van der Waals surface area contributed by atoms with E-state index in [0.29, 0.717) is 11.5 Å². The summed E-state index contributed by atoms with van der Waals surface area (Å²) in [5, 5.41) is 0. The van der Waals surface area contributed by atoms with Crippen molar-refractivity contribution in [1.29, 1.82) is 0 Å². The largest absolute Gasteiger partial charge is 0.398 e. The highest BCUT2D eigenvalue weighted by molar-refractivity contribution is 6.68. The Bertz CT molecular complexity index is 325. The first-order valence-corrected chi connectivity index (χ1v) is 15.0. The molecular weight excluding hydrogens is 372 g/mol. The van der Waals surface area contributed by atoms with E-state index in [1.165, 1.54) is 12.8 Å². The van der Waals surface area contributed by atoms with Crippen LogP contribution in [-0.2, 0) is 17.7 Å². The summed E-state index contributed by atoms with van der Waals surface area (Å²) >= 11 is 0. The SMILES string of the molecule is CO[Si](CC(C)C)(OC)C(C)C.CO[Si](CCC(C)C)(CCC(C)C)OC. The van der Waals surface area contributed by atoms with Crippen LogP contribution in [0.25, 0.3) is 0 Å². The van der Waals surface area contributed by atoms with E-state index >= 15 is 0 Å². The first-order chi connectivity index (χ1) is 12.4. The summed E-state index contributed by atoms with van der Waals surface area (Å²) in [5.74, 6) is 2.13. The Morgan fingerprint density at radius 1 is 0.556 bits per heavy atom. The van der Waals surface area contributed by atoms with Crippen LogP contribution in [0.2, 0.25) is 23.7 Å². The van der Waals surface area contributed by atoms with Crippen LogP contribution >= 0.6 is 0 Å². The molecule has 0 aliphatic heterocycles. The average Bonchev–Trinajstić information content (AvgIpc) is 2.60. The lowest BCUT2D eigenvalue weighted by molar-refractivity contribution is 0.227. The van der Waals surface area contributed by atoms with Gasteiger partial charge in [-0.25, -0.2) is 0 Å². The Balaban J connectivity index is 0. The highest BCUT2D eigenvalue weighted by Gasteiger charge is 2.39. The zero-order valence-corrected chi connectivity index (χ0v) is 22.5. The van der Waals surface area contributed by atoms with Gasteiger partial charge in [-0.15, -0.1) is 0 Å². The zero-order valence-electron chi connectivity index (χ0n) is 20.5. The van der Waals surface area contributed by atoms with Gasteiger partial charge in [-0.2, -0.15) is 0 Å². The molecule has 0 N–H and O–H groups in total. The molecule has 0 spiro atoms. The van der Waals surface area contributed by atoms with Gasteiger partial charge in [-0.05, 0) is 54.3 Å². The fourth-order valence-corrected chi connectivity index (χ4v) is 9.48. The van der Waals surface area contributed by atoms with Crippen LogP contribution in [0, 0.1) is 17.8 Å². The van der Waals surface area contributed by atoms with E-state index in [9.17, 15) is 0 Å². The predicted molar refractivity (Wildman–Crippen MR) is 123 cm³/mol.